The fourth-order valence-corrected chi connectivity index (χ4v) is 3.33. The van der Waals surface area contributed by atoms with E-state index in [9.17, 15) is 9.59 Å². The van der Waals surface area contributed by atoms with Crippen LogP contribution in [0, 0.1) is 6.92 Å². The standard InChI is InChI=1S/C26H27N3O2S/c1-17-7-5-8-19(15-17)24(31)29-25(32)28-22-10-6-9-21(16-22)27-23(30)18-11-13-20(14-12-18)26(2,3)4/h5-16H,1-4H3,(H,27,30)(H2,28,29,31,32). The Labute approximate surface area is 194 Å². The minimum Gasteiger partial charge on any atom is -0.332 e. The van der Waals surface area contributed by atoms with Crippen molar-refractivity contribution >= 4 is 40.5 Å². The number of hydrogen-bond acceptors (Lipinski definition) is 3. The molecule has 0 aliphatic carbocycles. The van der Waals surface area contributed by atoms with Crippen molar-refractivity contribution in [3.05, 3.63) is 95.1 Å². The zero-order valence-corrected chi connectivity index (χ0v) is 19.5. The summed E-state index contributed by atoms with van der Waals surface area (Å²) in [6, 6.07) is 22.0. The summed E-state index contributed by atoms with van der Waals surface area (Å²) in [4.78, 5) is 25.0. The Morgan fingerprint density at radius 3 is 2.00 bits per heavy atom. The average molecular weight is 446 g/mol. The van der Waals surface area contributed by atoms with Gasteiger partial charge in [0.05, 0.1) is 0 Å². The summed E-state index contributed by atoms with van der Waals surface area (Å²) < 4.78 is 0. The van der Waals surface area contributed by atoms with Gasteiger partial charge in [0.25, 0.3) is 11.8 Å². The van der Waals surface area contributed by atoms with Crippen LogP contribution in [0.1, 0.15) is 52.6 Å². The summed E-state index contributed by atoms with van der Waals surface area (Å²) in [6.45, 7) is 8.32. The van der Waals surface area contributed by atoms with Crippen LogP contribution >= 0.6 is 12.2 Å². The summed E-state index contributed by atoms with van der Waals surface area (Å²) in [7, 11) is 0. The topological polar surface area (TPSA) is 70.2 Å². The third-order valence-electron chi connectivity index (χ3n) is 4.90. The van der Waals surface area contributed by atoms with E-state index in [0.717, 1.165) is 5.56 Å². The lowest BCUT2D eigenvalue weighted by Crippen LogP contribution is -2.34. The summed E-state index contributed by atoms with van der Waals surface area (Å²) in [5.74, 6) is -0.479. The Balaban J connectivity index is 1.61. The van der Waals surface area contributed by atoms with Crippen LogP contribution in [-0.4, -0.2) is 16.9 Å². The van der Waals surface area contributed by atoms with E-state index in [0.29, 0.717) is 22.5 Å². The van der Waals surface area contributed by atoms with Crippen LogP contribution in [0.15, 0.2) is 72.8 Å². The first-order valence-electron chi connectivity index (χ1n) is 10.3. The van der Waals surface area contributed by atoms with Crippen molar-refractivity contribution in [3.63, 3.8) is 0 Å². The van der Waals surface area contributed by atoms with Crippen molar-refractivity contribution in [3.8, 4) is 0 Å². The SMILES string of the molecule is Cc1cccc(C(=O)NC(=S)Nc2cccc(NC(=O)c3ccc(C(C)(C)C)cc3)c2)c1. The second kappa shape index (κ2) is 9.75. The van der Waals surface area contributed by atoms with Crippen molar-refractivity contribution in [2.45, 2.75) is 33.1 Å². The van der Waals surface area contributed by atoms with Gasteiger partial charge in [0.15, 0.2) is 5.11 Å². The van der Waals surface area contributed by atoms with Crippen LogP contribution < -0.4 is 16.0 Å². The smallest absolute Gasteiger partial charge is 0.257 e. The Bertz CT molecular complexity index is 1150. The summed E-state index contributed by atoms with van der Waals surface area (Å²) in [5, 5.41) is 8.72. The van der Waals surface area contributed by atoms with Gasteiger partial charge in [0.1, 0.15) is 0 Å². The highest BCUT2D eigenvalue weighted by atomic mass is 32.1. The highest BCUT2D eigenvalue weighted by molar-refractivity contribution is 7.80. The molecule has 32 heavy (non-hydrogen) atoms. The van der Waals surface area contributed by atoms with Crippen LogP contribution in [0.2, 0.25) is 0 Å². The first-order chi connectivity index (χ1) is 15.1. The van der Waals surface area contributed by atoms with E-state index in [-0.39, 0.29) is 22.3 Å². The number of carbonyl (C=O) groups excluding carboxylic acids is 2. The third kappa shape index (κ3) is 6.25. The van der Waals surface area contributed by atoms with Gasteiger partial charge in [-0.2, -0.15) is 0 Å². The van der Waals surface area contributed by atoms with E-state index in [1.165, 1.54) is 5.56 Å². The number of benzene rings is 3. The molecule has 0 aliphatic heterocycles. The molecule has 0 aromatic heterocycles. The molecular weight excluding hydrogens is 418 g/mol. The van der Waals surface area contributed by atoms with Gasteiger partial charge in [0, 0.05) is 22.5 Å². The van der Waals surface area contributed by atoms with Crippen molar-refractivity contribution < 1.29 is 9.59 Å². The van der Waals surface area contributed by atoms with Gasteiger partial charge in [-0.3, -0.25) is 14.9 Å². The predicted octanol–water partition coefficient (Wildman–Crippen LogP) is 5.67. The molecule has 0 saturated heterocycles. The largest absolute Gasteiger partial charge is 0.332 e. The lowest BCUT2D eigenvalue weighted by molar-refractivity contribution is 0.0976. The lowest BCUT2D eigenvalue weighted by Gasteiger charge is -2.19. The predicted molar refractivity (Wildman–Crippen MR) is 134 cm³/mol. The van der Waals surface area contributed by atoms with Crippen LogP contribution in [0.5, 0.6) is 0 Å². The van der Waals surface area contributed by atoms with Crippen molar-refractivity contribution in [1.82, 2.24) is 5.32 Å². The normalized spacial score (nSPS) is 10.9. The Morgan fingerprint density at radius 1 is 0.750 bits per heavy atom. The maximum absolute atomic E-state index is 12.6. The quantitative estimate of drug-likeness (QED) is 0.453. The lowest BCUT2D eigenvalue weighted by atomic mass is 9.87. The zero-order chi connectivity index (χ0) is 23.3. The number of aryl methyl sites for hydroxylation is 1. The number of thiocarbonyl (C=S) groups is 1. The molecule has 3 aromatic rings. The van der Waals surface area contributed by atoms with Crippen LogP contribution in [0.3, 0.4) is 0 Å². The number of amides is 2. The van der Waals surface area contributed by atoms with E-state index in [1.807, 2.05) is 43.3 Å². The second-order valence-corrected chi connectivity index (χ2v) is 9.05. The van der Waals surface area contributed by atoms with Crippen molar-refractivity contribution in [2.24, 2.45) is 0 Å². The number of carbonyl (C=O) groups is 2. The average Bonchev–Trinajstić information content (AvgIpc) is 2.73. The highest BCUT2D eigenvalue weighted by Crippen LogP contribution is 2.23. The number of anilines is 2. The molecule has 5 nitrogen and oxygen atoms in total. The number of nitrogens with one attached hydrogen (secondary N) is 3. The Kier molecular flexibility index (Phi) is 7.05. The first kappa shape index (κ1) is 23.2. The van der Waals surface area contributed by atoms with E-state index in [2.05, 4.69) is 36.7 Å². The molecule has 0 heterocycles. The molecule has 3 rings (SSSR count). The Morgan fingerprint density at radius 2 is 1.38 bits per heavy atom. The maximum atomic E-state index is 12.6. The van der Waals surface area contributed by atoms with E-state index >= 15 is 0 Å². The summed E-state index contributed by atoms with van der Waals surface area (Å²) in [5.41, 5.74) is 4.58. The molecule has 6 heteroatoms. The number of rotatable bonds is 4. The van der Waals surface area contributed by atoms with Crippen LogP contribution in [0.25, 0.3) is 0 Å². The highest BCUT2D eigenvalue weighted by Gasteiger charge is 2.14. The summed E-state index contributed by atoms with van der Waals surface area (Å²) in [6.07, 6.45) is 0. The molecule has 3 N–H and O–H groups in total. The van der Waals surface area contributed by atoms with Gasteiger partial charge < -0.3 is 10.6 Å². The molecule has 0 aliphatic rings. The third-order valence-corrected chi connectivity index (χ3v) is 5.10. The maximum Gasteiger partial charge on any atom is 0.257 e. The molecule has 164 valence electrons. The molecular formula is C26H27N3O2S. The van der Waals surface area contributed by atoms with Gasteiger partial charge in [-0.05, 0) is 72.6 Å². The van der Waals surface area contributed by atoms with Crippen molar-refractivity contribution in [1.29, 1.82) is 0 Å². The van der Waals surface area contributed by atoms with Crippen LogP contribution in [0.4, 0.5) is 11.4 Å². The van der Waals surface area contributed by atoms with Gasteiger partial charge >= 0.3 is 0 Å². The van der Waals surface area contributed by atoms with Gasteiger partial charge in [-0.1, -0.05) is 56.7 Å². The molecule has 0 saturated carbocycles. The molecule has 0 unspecified atom stereocenters. The molecule has 0 spiro atoms. The molecule has 0 atom stereocenters. The van der Waals surface area contributed by atoms with E-state index in [4.69, 9.17) is 12.2 Å². The summed E-state index contributed by atoms with van der Waals surface area (Å²) >= 11 is 5.26. The second-order valence-electron chi connectivity index (χ2n) is 8.64. The molecule has 0 radical (unpaired) electrons. The van der Waals surface area contributed by atoms with Gasteiger partial charge in [-0.25, -0.2) is 0 Å². The fourth-order valence-electron chi connectivity index (χ4n) is 3.12. The van der Waals surface area contributed by atoms with E-state index in [1.54, 1.807) is 36.4 Å². The van der Waals surface area contributed by atoms with Gasteiger partial charge in [-0.15, -0.1) is 0 Å². The van der Waals surface area contributed by atoms with E-state index < -0.39 is 0 Å². The Hall–Kier alpha value is -3.51. The van der Waals surface area contributed by atoms with Gasteiger partial charge in [0.2, 0.25) is 0 Å². The van der Waals surface area contributed by atoms with Crippen molar-refractivity contribution in [2.75, 3.05) is 10.6 Å². The molecule has 3 aromatic carbocycles. The van der Waals surface area contributed by atoms with Crippen LogP contribution in [-0.2, 0) is 5.41 Å². The fraction of sp³-hybridized carbons (Fsp3) is 0.192. The molecule has 0 fully saturated rings. The molecule has 2 amide bonds. The first-order valence-corrected chi connectivity index (χ1v) is 10.7. The minimum atomic E-state index is -0.283. The molecule has 0 bridgehead atoms. The monoisotopic (exact) mass is 445 g/mol. The minimum absolute atomic E-state index is 0.0299. The zero-order valence-electron chi connectivity index (χ0n) is 18.7. The number of hydrogen-bond donors (Lipinski definition) is 3.